The van der Waals surface area contributed by atoms with Gasteiger partial charge in [-0.15, -0.1) is 0 Å². The fourth-order valence-corrected chi connectivity index (χ4v) is 4.84. The van der Waals surface area contributed by atoms with E-state index < -0.39 is 45.0 Å². The van der Waals surface area contributed by atoms with Gasteiger partial charge in [-0.1, -0.05) is 11.6 Å². The molecule has 11 heteroatoms. The van der Waals surface area contributed by atoms with Crippen LogP contribution in [0.4, 0.5) is 14.5 Å². The summed E-state index contributed by atoms with van der Waals surface area (Å²) < 4.78 is 48.8. The molecule has 5 N–H and O–H groups in total. The first-order chi connectivity index (χ1) is 13.9. The molecule has 162 valence electrons. The van der Waals surface area contributed by atoms with Gasteiger partial charge in [0.2, 0.25) is 0 Å². The zero-order valence-corrected chi connectivity index (χ0v) is 17.8. The Morgan fingerprint density at radius 2 is 2.03 bits per heavy atom. The van der Waals surface area contributed by atoms with E-state index in [4.69, 9.17) is 17.3 Å². The Balaban J connectivity index is 2.01. The summed E-state index contributed by atoms with van der Waals surface area (Å²) in [6.07, 6.45) is 1.30. The van der Waals surface area contributed by atoms with Crippen LogP contribution in [0, 0.1) is 5.82 Å². The Morgan fingerprint density at radius 3 is 2.60 bits per heavy atom. The maximum Gasteiger partial charge on any atom is 0.274 e. The fourth-order valence-electron chi connectivity index (χ4n) is 3.02. The zero-order chi connectivity index (χ0) is 22.3. The third kappa shape index (κ3) is 3.87. The molecule has 0 saturated carbocycles. The standard InChI is InChI=1S/C19H21ClF2N4O3S/c1-18(2)17(23)26-19(9-21,10-30(18,28)29)13-7-12(4-5-14(13)22)25-16(27)15-6-3-11(20)8-24-15/h3-8,28-29H,9-10H2,1-2H3,(H2,23,26)(H,25,27). The van der Waals surface area contributed by atoms with Gasteiger partial charge in [-0.2, -0.15) is 10.6 Å². The summed E-state index contributed by atoms with van der Waals surface area (Å²) in [5, 5.41) is 2.90. The first-order valence-corrected chi connectivity index (χ1v) is 10.9. The van der Waals surface area contributed by atoms with Crippen LogP contribution in [0.3, 0.4) is 0 Å². The maximum absolute atomic E-state index is 14.7. The molecule has 7 nitrogen and oxygen atoms in total. The van der Waals surface area contributed by atoms with Gasteiger partial charge in [-0.05, 0) is 44.2 Å². The van der Waals surface area contributed by atoms with Gasteiger partial charge < -0.3 is 11.1 Å². The van der Waals surface area contributed by atoms with E-state index in [1.807, 2.05) is 0 Å². The van der Waals surface area contributed by atoms with Crippen molar-refractivity contribution in [3.05, 3.63) is 58.6 Å². The summed E-state index contributed by atoms with van der Waals surface area (Å²) in [6.45, 7) is 1.75. The van der Waals surface area contributed by atoms with Crippen LogP contribution in [-0.2, 0) is 5.54 Å². The van der Waals surface area contributed by atoms with Crippen LogP contribution in [0.5, 0.6) is 0 Å². The molecule has 2 heterocycles. The number of benzene rings is 1. The van der Waals surface area contributed by atoms with Crippen LogP contribution in [0.25, 0.3) is 0 Å². The quantitative estimate of drug-likeness (QED) is 0.547. The van der Waals surface area contributed by atoms with Gasteiger partial charge in [0.05, 0.1) is 10.8 Å². The van der Waals surface area contributed by atoms with Gasteiger partial charge in [-0.25, -0.2) is 13.8 Å². The summed E-state index contributed by atoms with van der Waals surface area (Å²) in [5.41, 5.74) is 3.95. The van der Waals surface area contributed by atoms with Crippen molar-refractivity contribution in [1.29, 1.82) is 0 Å². The topological polar surface area (TPSA) is 121 Å². The maximum atomic E-state index is 14.7. The van der Waals surface area contributed by atoms with Crippen LogP contribution in [0.1, 0.15) is 29.9 Å². The first-order valence-electron chi connectivity index (χ1n) is 8.82. The van der Waals surface area contributed by atoms with Crippen LogP contribution in [0.15, 0.2) is 41.5 Å². The number of alkyl halides is 1. The van der Waals surface area contributed by atoms with Crippen molar-refractivity contribution >= 4 is 39.6 Å². The van der Waals surface area contributed by atoms with E-state index in [0.717, 1.165) is 6.07 Å². The summed E-state index contributed by atoms with van der Waals surface area (Å²) in [4.78, 5) is 20.4. The van der Waals surface area contributed by atoms with E-state index in [1.165, 1.54) is 44.3 Å². The smallest absolute Gasteiger partial charge is 0.274 e. The highest BCUT2D eigenvalue weighted by Gasteiger charge is 2.51. The number of aliphatic imine (C=N–C) groups is 1. The Hall–Kier alpha value is -2.27. The molecule has 0 fully saturated rings. The molecule has 0 bridgehead atoms. The average molecular weight is 459 g/mol. The molecule has 2 aromatic rings. The van der Waals surface area contributed by atoms with Gasteiger partial charge in [0.15, 0.2) is 0 Å². The number of aromatic nitrogens is 1. The first kappa shape index (κ1) is 22.4. The Morgan fingerprint density at radius 1 is 1.33 bits per heavy atom. The van der Waals surface area contributed by atoms with E-state index in [1.54, 1.807) is 0 Å². The fraction of sp³-hybridized carbons (Fsp3) is 0.316. The number of pyridine rings is 1. The number of nitrogens with zero attached hydrogens (tertiary/aromatic N) is 2. The van der Waals surface area contributed by atoms with Crippen molar-refractivity contribution in [3.63, 3.8) is 0 Å². The molecule has 1 aliphatic rings. The molecule has 30 heavy (non-hydrogen) atoms. The number of hydrogen-bond acceptors (Lipinski definition) is 6. The third-order valence-electron chi connectivity index (χ3n) is 5.12. The number of nitrogens with two attached hydrogens (primary N) is 1. The van der Waals surface area contributed by atoms with E-state index in [9.17, 15) is 22.7 Å². The van der Waals surface area contributed by atoms with Gasteiger partial charge in [0.1, 0.15) is 34.3 Å². The average Bonchev–Trinajstić information content (AvgIpc) is 2.68. The highest BCUT2D eigenvalue weighted by molar-refractivity contribution is 8.26. The molecule has 3 rings (SSSR count). The van der Waals surface area contributed by atoms with E-state index in [-0.39, 0.29) is 22.8 Å². The van der Waals surface area contributed by atoms with Crippen LogP contribution < -0.4 is 11.1 Å². The SMILES string of the molecule is CC1(C)C(N)=NC(CF)(c2cc(NC(=O)c3ccc(Cl)cn3)ccc2F)CS1(O)O. The molecule has 1 aromatic carbocycles. The molecule has 1 aliphatic heterocycles. The van der Waals surface area contributed by atoms with E-state index in [0.29, 0.717) is 5.02 Å². The number of hydrogen-bond donors (Lipinski definition) is 4. The van der Waals surface area contributed by atoms with Gasteiger partial charge in [0, 0.05) is 17.4 Å². The summed E-state index contributed by atoms with van der Waals surface area (Å²) in [5.74, 6) is -2.14. The Bertz CT molecular complexity index is 1020. The molecular weight excluding hydrogens is 438 g/mol. The van der Waals surface area contributed by atoms with Gasteiger partial charge in [0.25, 0.3) is 5.91 Å². The van der Waals surface area contributed by atoms with E-state index >= 15 is 0 Å². The summed E-state index contributed by atoms with van der Waals surface area (Å²) in [7, 11) is -3.45. The Labute approximate surface area is 178 Å². The Kier molecular flexibility index (Phi) is 5.80. The molecular formula is C19H21ClF2N4O3S. The minimum absolute atomic E-state index is 0.0707. The monoisotopic (exact) mass is 458 g/mol. The number of carbonyl (C=O) groups excluding carboxylic acids is 1. The normalized spacial score (nSPS) is 23.4. The number of carbonyl (C=O) groups is 1. The lowest BCUT2D eigenvalue weighted by Gasteiger charge is -2.53. The second kappa shape index (κ2) is 7.77. The molecule has 0 saturated heterocycles. The lowest BCUT2D eigenvalue weighted by atomic mass is 9.92. The van der Waals surface area contributed by atoms with E-state index in [2.05, 4.69) is 15.3 Å². The lowest BCUT2D eigenvalue weighted by molar-refractivity contribution is 0.102. The van der Waals surface area contributed by atoms with Crippen LogP contribution in [-0.4, -0.2) is 43.0 Å². The van der Waals surface area contributed by atoms with Crippen LogP contribution >= 0.6 is 22.2 Å². The number of rotatable bonds is 4. The molecule has 1 amide bonds. The van der Waals surface area contributed by atoms with Crippen molar-refractivity contribution in [2.45, 2.75) is 24.1 Å². The van der Waals surface area contributed by atoms with Crippen molar-refractivity contribution in [2.24, 2.45) is 10.7 Å². The van der Waals surface area contributed by atoms with Crippen molar-refractivity contribution in [1.82, 2.24) is 4.98 Å². The minimum atomic E-state index is -3.45. The molecule has 1 unspecified atom stereocenters. The summed E-state index contributed by atoms with van der Waals surface area (Å²) in [6, 6.07) is 6.43. The highest BCUT2D eigenvalue weighted by Crippen LogP contribution is 2.59. The predicted octanol–water partition coefficient (Wildman–Crippen LogP) is 4.19. The van der Waals surface area contributed by atoms with Crippen molar-refractivity contribution in [2.75, 3.05) is 17.7 Å². The molecule has 0 radical (unpaired) electrons. The van der Waals surface area contributed by atoms with Gasteiger partial charge >= 0.3 is 0 Å². The number of nitrogens with one attached hydrogen (secondary N) is 1. The third-order valence-corrected chi connectivity index (χ3v) is 8.06. The highest BCUT2D eigenvalue weighted by atomic mass is 35.5. The van der Waals surface area contributed by atoms with Crippen molar-refractivity contribution < 1.29 is 22.7 Å². The summed E-state index contributed by atoms with van der Waals surface area (Å²) >= 11 is 5.75. The second-order valence-electron chi connectivity index (χ2n) is 7.49. The predicted molar refractivity (Wildman–Crippen MR) is 115 cm³/mol. The number of amides is 1. The molecule has 0 aliphatic carbocycles. The largest absolute Gasteiger partial charge is 0.386 e. The number of anilines is 1. The lowest BCUT2D eigenvalue weighted by Crippen LogP contribution is -2.53. The second-order valence-corrected chi connectivity index (χ2v) is 10.6. The molecule has 1 aromatic heterocycles. The zero-order valence-electron chi connectivity index (χ0n) is 16.2. The van der Waals surface area contributed by atoms with Gasteiger partial charge in [-0.3, -0.25) is 18.9 Å². The van der Waals surface area contributed by atoms with Crippen LogP contribution in [0.2, 0.25) is 5.02 Å². The van der Waals surface area contributed by atoms with Crippen molar-refractivity contribution in [3.8, 4) is 0 Å². The number of halogens is 3. The molecule has 0 spiro atoms. The number of amidine groups is 1. The molecule has 1 atom stereocenters. The minimum Gasteiger partial charge on any atom is -0.386 e.